The molecule has 0 aliphatic heterocycles. The second-order valence-electron chi connectivity index (χ2n) is 3.75. The van der Waals surface area contributed by atoms with Gasteiger partial charge in [-0.3, -0.25) is 0 Å². The van der Waals surface area contributed by atoms with Crippen LogP contribution in [-0.2, 0) is 11.3 Å². The first-order valence-electron chi connectivity index (χ1n) is 6.00. The summed E-state index contributed by atoms with van der Waals surface area (Å²) in [4.78, 5) is 8.65. The zero-order valence-corrected chi connectivity index (χ0v) is 11.4. The van der Waals surface area contributed by atoms with Gasteiger partial charge in [0.25, 0.3) is 0 Å². The lowest BCUT2D eigenvalue weighted by atomic mass is 10.3. The summed E-state index contributed by atoms with van der Waals surface area (Å²) in [5.74, 6) is 1.00. The maximum atomic E-state index is 4.99. The Bertz CT molecular complexity index is 292. The first-order valence-corrected chi connectivity index (χ1v) is 6.98. The van der Waals surface area contributed by atoms with Gasteiger partial charge in [0.1, 0.15) is 0 Å². The summed E-state index contributed by atoms with van der Waals surface area (Å²) >= 11 is 1.67. The van der Waals surface area contributed by atoms with Crippen LogP contribution >= 0.6 is 11.8 Å². The fourth-order valence-electron chi connectivity index (χ4n) is 1.28. The van der Waals surface area contributed by atoms with Crippen LogP contribution < -0.4 is 5.32 Å². The molecule has 1 aromatic rings. The molecule has 96 valence electrons. The van der Waals surface area contributed by atoms with E-state index in [0.717, 1.165) is 49.0 Å². The van der Waals surface area contributed by atoms with Crippen molar-refractivity contribution >= 4 is 11.8 Å². The van der Waals surface area contributed by atoms with Crippen molar-refractivity contribution in [3.63, 3.8) is 0 Å². The summed E-state index contributed by atoms with van der Waals surface area (Å²) in [6.07, 6.45) is 5.97. The minimum atomic E-state index is 0.798. The Morgan fingerprint density at radius 2 is 2.12 bits per heavy atom. The first-order chi connectivity index (χ1) is 8.36. The van der Waals surface area contributed by atoms with Crippen molar-refractivity contribution in [3.8, 4) is 0 Å². The minimum absolute atomic E-state index is 0.798. The smallest absolute Gasteiger partial charge is 0.187 e. The summed E-state index contributed by atoms with van der Waals surface area (Å²) in [6.45, 7) is 4.84. The standard InChI is InChI=1S/C12H21N3OS/c1-3-5-13-8-11-9-14-12(15-10-11)17-7-4-6-16-2/h9-10,13H,3-8H2,1-2H3. The van der Waals surface area contributed by atoms with Gasteiger partial charge in [-0.25, -0.2) is 9.97 Å². The molecule has 0 bridgehead atoms. The Hall–Kier alpha value is -0.650. The second kappa shape index (κ2) is 9.39. The molecule has 0 amide bonds. The second-order valence-corrected chi connectivity index (χ2v) is 4.81. The normalized spacial score (nSPS) is 10.7. The van der Waals surface area contributed by atoms with Gasteiger partial charge in [0.2, 0.25) is 0 Å². The number of thioether (sulfide) groups is 1. The zero-order chi connectivity index (χ0) is 12.3. The molecule has 1 aromatic heterocycles. The van der Waals surface area contributed by atoms with Crippen LogP contribution in [0.3, 0.4) is 0 Å². The van der Waals surface area contributed by atoms with E-state index in [2.05, 4.69) is 22.2 Å². The molecule has 0 aliphatic rings. The molecule has 0 aromatic carbocycles. The van der Waals surface area contributed by atoms with Crippen LogP contribution in [-0.4, -0.2) is 36.0 Å². The molecule has 0 saturated heterocycles. The quantitative estimate of drug-likeness (QED) is 0.416. The number of aromatic nitrogens is 2. The zero-order valence-electron chi connectivity index (χ0n) is 10.6. The maximum Gasteiger partial charge on any atom is 0.187 e. The van der Waals surface area contributed by atoms with E-state index in [0.29, 0.717) is 0 Å². The molecule has 0 spiro atoms. The summed E-state index contributed by atoms with van der Waals surface area (Å²) in [6, 6.07) is 0. The lowest BCUT2D eigenvalue weighted by molar-refractivity contribution is 0.200. The Morgan fingerprint density at radius 1 is 1.35 bits per heavy atom. The van der Waals surface area contributed by atoms with Gasteiger partial charge in [-0.2, -0.15) is 0 Å². The van der Waals surface area contributed by atoms with Crippen LogP contribution in [0.4, 0.5) is 0 Å². The van der Waals surface area contributed by atoms with E-state index in [1.165, 1.54) is 0 Å². The molecule has 5 heteroatoms. The molecule has 0 fully saturated rings. The van der Waals surface area contributed by atoms with Crippen molar-refractivity contribution in [2.24, 2.45) is 0 Å². The molecule has 0 atom stereocenters. The van der Waals surface area contributed by atoms with E-state index in [9.17, 15) is 0 Å². The molecular weight excluding hydrogens is 234 g/mol. The third kappa shape index (κ3) is 6.61. The van der Waals surface area contributed by atoms with Gasteiger partial charge in [-0.05, 0) is 19.4 Å². The SMILES string of the molecule is CCCNCc1cnc(SCCCOC)nc1. The summed E-state index contributed by atoms with van der Waals surface area (Å²) < 4.78 is 4.99. The number of nitrogens with zero attached hydrogens (tertiary/aromatic N) is 2. The number of ether oxygens (including phenoxy) is 1. The molecular formula is C12H21N3OS. The monoisotopic (exact) mass is 255 g/mol. The molecule has 1 N–H and O–H groups in total. The van der Waals surface area contributed by atoms with Crippen molar-refractivity contribution < 1.29 is 4.74 Å². The van der Waals surface area contributed by atoms with Gasteiger partial charge in [-0.1, -0.05) is 18.7 Å². The Balaban J connectivity index is 2.24. The number of hydrogen-bond acceptors (Lipinski definition) is 5. The Labute approximate surface area is 108 Å². The largest absolute Gasteiger partial charge is 0.385 e. The van der Waals surface area contributed by atoms with Gasteiger partial charge in [0, 0.05) is 44.0 Å². The predicted octanol–water partition coefficient (Wildman–Crippen LogP) is 2.10. The van der Waals surface area contributed by atoms with Crippen LogP contribution in [0.1, 0.15) is 25.3 Å². The fraction of sp³-hybridized carbons (Fsp3) is 0.667. The van der Waals surface area contributed by atoms with Crippen molar-refractivity contribution in [1.82, 2.24) is 15.3 Å². The van der Waals surface area contributed by atoms with E-state index >= 15 is 0 Å². The van der Waals surface area contributed by atoms with Crippen molar-refractivity contribution in [2.45, 2.75) is 31.5 Å². The summed E-state index contributed by atoms with van der Waals surface area (Å²) in [7, 11) is 1.72. The van der Waals surface area contributed by atoms with E-state index in [-0.39, 0.29) is 0 Å². The van der Waals surface area contributed by atoms with Crippen LogP contribution in [0, 0.1) is 0 Å². The molecule has 0 saturated carbocycles. The van der Waals surface area contributed by atoms with E-state index < -0.39 is 0 Å². The number of rotatable bonds is 9. The summed E-state index contributed by atoms with van der Waals surface area (Å²) in [5.41, 5.74) is 1.14. The molecule has 1 heterocycles. The Kier molecular flexibility index (Phi) is 7.96. The van der Waals surface area contributed by atoms with Gasteiger partial charge in [0.05, 0.1) is 0 Å². The third-order valence-electron chi connectivity index (χ3n) is 2.16. The highest BCUT2D eigenvalue weighted by Gasteiger charge is 1.98. The molecule has 0 aliphatic carbocycles. The van der Waals surface area contributed by atoms with Gasteiger partial charge < -0.3 is 10.1 Å². The molecule has 4 nitrogen and oxygen atoms in total. The lowest BCUT2D eigenvalue weighted by Crippen LogP contribution is -2.14. The average molecular weight is 255 g/mol. The van der Waals surface area contributed by atoms with Crippen LogP contribution in [0.15, 0.2) is 17.6 Å². The highest BCUT2D eigenvalue weighted by Crippen LogP contribution is 2.12. The molecule has 0 radical (unpaired) electrons. The van der Waals surface area contributed by atoms with Crippen molar-refractivity contribution in [3.05, 3.63) is 18.0 Å². The van der Waals surface area contributed by atoms with Crippen molar-refractivity contribution in [1.29, 1.82) is 0 Å². The topological polar surface area (TPSA) is 47.0 Å². The number of nitrogens with one attached hydrogen (secondary N) is 1. The average Bonchev–Trinajstić information content (AvgIpc) is 2.37. The van der Waals surface area contributed by atoms with Gasteiger partial charge >= 0.3 is 0 Å². The van der Waals surface area contributed by atoms with Crippen LogP contribution in [0.5, 0.6) is 0 Å². The molecule has 17 heavy (non-hydrogen) atoms. The lowest BCUT2D eigenvalue weighted by Gasteiger charge is -2.03. The van der Waals surface area contributed by atoms with Crippen LogP contribution in [0.25, 0.3) is 0 Å². The maximum absolute atomic E-state index is 4.99. The molecule has 1 rings (SSSR count). The first kappa shape index (κ1) is 14.4. The van der Waals surface area contributed by atoms with Crippen molar-refractivity contribution in [2.75, 3.05) is 26.0 Å². The summed E-state index contributed by atoms with van der Waals surface area (Å²) in [5, 5.41) is 4.17. The minimum Gasteiger partial charge on any atom is -0.385 e. The van der Waals surface area contributed by atoms with E-state index in [4.69, 9.17) is 4.74 Å². The van der Waals surface area contributed by atoms with Crippen LogP contribution in [0.2, 0.25) is 0 Å². The fourth-order valence-corrected chi connectivity index (χ4v) is 1.98. The number of methoxy groups -OCH3 is 1. The van der Waals surface area contributed by atoms with Gasteiger partial charge in [-0.15, -0.1) is 0 Å². The number of hydrogen-bond donors (Lipinski definition) is 1. The van der Waals surface area contributed by atoms with E-state index in [1.807, 2.05) is 12.4 Å². The Morgan fingerprint density at radius 3 is 2.76 bits per heavy atom. The third-order valence-corrected chi connectivity index (χ3v) is 3.12. The highest BCUT2D eigenvalue weighted by molar-refractivity contribution is 7.99. The molecule has 0 unspecified atom stereocenters. The predicted molar refractivity (Wildman–Crippen MR) is 71.2 cm³/mol. The van der Waals surface area contributed by atoms with E-state index in [1.54, 1.807) is 18.9 Å². The highest BCUT2D eigenvalue weighted by atomic mass is 32.2. The van der Waals surface area contributed by atoms with Gasteiger partial charge in [0.15, 0.2) is 5.16 Å².